The molecule has 0 aliphatic rings. The van der Waals surface area contributed by atoms with Crippen LogP contribution in [0, 0.1) is 0 Å². The second-order valence-electron chi connectivity index (χ2n) is 5.89. The molecule has 0 aromatic carbocycles. The van der Waals surface area contributed by atoms with Crippen molar-refractivity contribution in [1.82, 2.24) is 50.1 Å². The lowest BCUT2D eigenvalue weighted by Crippen LogP contribution is -2.36. The van der Waals surface area contributed by atoms with Crippen molar-refractivity contribution in [1.29, 1.82) is 0 Å². The molecule has 0 bridgehead atoms. The van der Waals surface area contributed by atoms with E-state index in [1.807, 2.05) is 0 Å². The number of rotatable bonds is 6. The van der Waals surface area contributed by atoms with Gasteiger partial charge in [0.05, 0.1) is 36.9 Å². The summed E-state index contributed by atoms with van der Waals surface area (Å²) in [5.74, 6) is 1.06. The van der Waals surface area contributed by atoms with E-state index in [4.69, 9.17) is 23.2 Å². The molecule has 0 aliphatic heterocycles. The van der Waals surface area contributed by atoms with Crippen LogP contribution in [0.15, 0.2) is 49.3 Å². The molecule has 0 atom stereocenters. The Morgan fingerprint density at radius 1 is 0.767 bits per heavy atom. The first-order valence-electron chi connectivity index (χ1n) is 8.63. The van der Waals surface area contributed by atoms with Crippen molar-refractivity contribution in [2.24, 2.45) is 0 Å². The van der Waals surface area contributed by atoms with Crippen molar-refractivity contribution in [3.05, 3.63) is 71.3 Å². The van der Waals surface area contributed by atoms with Crippen molar-refractivity contribution < 1.29 is 4.79 Å². The predicted octanol–water partition coefficient (Wildman–Crippen LogP) is 1.94. The van der Waals surface area contributed by atoms with Gasteiger partial charge in [-0.15, -0.1) is 0 Å². The molecule has 0 unspecified atom stereocenters. The van der Waals surface area contributed by atoms with Gasteiger partial charge in [0, 0.05) is 0 Å². The van der Waals surface area contributed by atoms with E-state index < -0.39 is 6.03 Å². The molecule has 11 nitrogen and oxygen atoms in total. The van der Waals surface area contributed by atoms with Crippen LogP contribution in [0.5, 0.6) is 0 Å². The largest absolute Gasteiger partial charge is 0.331 e. The van der Waals surface area contributed by atoms with Gasteiger partial charge in [0.2, 0.25) is 0 Å². The average Bonchev–Trinajstić information content (AvgIpc) is 3.41. The number of hydrogen-bond acceptors (Lipinski definition) is 7. The monoisotopic (exact) mass is 444 g/mol. The fraction of sp³-hybridized carbons (Fsp3) is 0.118. The van der Waals surface area contributed by atoms with Crippen LogP contribution in [0.2, 0.25) is 10.3 Å². The molecule has 4 rings (SSSR count). The summed E-state index contributed by atoms with van der Waals surface area (Å²) in [6.45, 7) is 0.310. The minimum absolute atomic E-state index is 0.155. The maximum atomic E-state index is 12.2. The van der Waals surface area contributed by atoms with E-state index >= 15 is 0 Å². The van der Waals surface area contributed by atoms with E-state index in [1.165, 1.54) is 12.7 Å². The first-order chi connectivity index (χ1) is 14.6. The molecule has 13 heteroatoms. The molecule has 0 aliphatic carbocycles. The molecule has 2 N–H and O–H groups in total. The molecule has 4 aromatic heterocycles. The highest BCUT2D eigenvalue weighted by Crippen LogP contribution is 2.12. The summed E-state index contributed by atoms with van der Waals surface area (Å²) in [7, 11) is 0. The molecule has 4 heterocycles. The summed E-state index contributed by atoms with van der Waals surface area (Å²) in [6, 6.07) is 6.41. The van der Waals surface area contributed by atoms with Crippen LogP contribution in [0.3, 0.4) is 0 Å². The lowest BCUT2D eigenvalue weighted by molar-refractivity contribution is 0.239. The second kappa shape index (κ2) is 8.84. The van der Waals surface area contributed by atoms with Crippen molar-refractivity contribution >= 4 is 29.2 Å². The number of aromatic nitrogens is 8. The number of halogens is 2. The Bertz CT molecular complexity index is 1050. The predicted molar refractivity (Wildman–Crippen MR) is 107 cm³/mol. The molecule has 2 amide bonds. The van der Waals surface area contributed by atoms with Gasteiger partial charge in [-0.05, 0) is 24.3 Å². The van der Waals surface area contributed by atoms with Gasteiger partial charge in [-0.25, -0.2) is 34.1 Å². The Morgan fingerprint density at radius 2 is 1.23 bits per heavy atom. The molecule has 0 radical (unpaired) electrons. The number of carbonyl (C=O) groups is 1. The maximum absolute atomic E-state index is 12.2. The lowest BCUT2D eigenvalue weighted by atomic mass is 10.4. The van der Waals surface area contributed by atoms with E-state index in [1.54, 1.807) is 46.0 Å². The topological polar surface area (TPSA) is 128 Å². The molecule has 30 heavy (non-hydrogen) atoms. The van der Waals surface area contributed by atoms with Gasteiger partial charge < -0.3 is 10.6 Å². The first kappa shape index (κ1) is 19.7. The fourth-order valence-electron chi connectivity index (χ4n) is 2.57. The highest BCUT2D eigenvalue weighted by Gasteiger charge is 2.11. The standard InChI is InChI=1S/C17H14Cl2N10O/c18-13-3-1-11(5-20-13)28-15(24-9-26-28)7-22-17(30)23-8-16-25-10-27-29(16)12-2-4-14(19)21-6-12/h1-6,9-10H,7-8H2,(H2,22,23,30). The zero-order valence-electron chi connectivity index (χ0n) is 15.3. The Morgan fingerprint density at radius 3 is 1.63 bits per heavy atom. The molecule has 4 aromatic rings. The van der Waals surface area contributed by atoms with Crippen LogP contribution in [0.1, 0.15) is 11.6 Å². The zero-order chi connectivity index (χ0) is 20.9. The van der Waals surface area contributed by atoms with Gasteiger partial charge in [0.25, 0.3) is 0 Å². The smallest absolute Gasteiger partial charge is 0.315 e. The SMILES string of the molecule is O=C(NCc1ncnn1-c1ccc(Cl)nc1)NCc1ncnn1-c1ccc(Cl)nc1. The highest BCUT2D eigenvalue weighted by molar-refractivity contribution is 6.29. The van der Waals surface area contributed by atoms with Crippen molar-refractivity contribution in [2.45, 2.75) is 13.1 Å². The summed E-state index contributed by atoms with van der Waals surface area (Å²) >= 11 is 11.6. The van der Waals surface area contributed by atoms with Crippen LogP contribution < -0.4 is 10.6 Å². The highest BCUT2D eigenvalue weighted by atomic mass is 35.5. The summed E-state index contributed by atoms with van der Waals surface area (Å²) in [5, 5.41) is 14.5. The van der Waals surface area contributed by atoms with E-state index in [0.29, 0.717) is 33.3 Å². The Balaban J connectivity index is 1.35. The van der Waals surface area contributed by atoms with Crippen molar-refractivity contribution in [3.8, 4) is 11.4 Å². The minimum Gasteiger partial charge on any atom is -0.331 e. The van der Waals surface area contributed by atoms with E-state index in [9.17, 15) is 4.79 Å². The molecular formula is C17H14Cl2N10O. The normalized spacial score (nSPS) is 10.7. The third-order valence-electron chi connectivity index (χ3n) is 3.96. The summed E-state index contributed by atoms with van der Waals surface area (Å²) < 4.78 is 3.13. The van der Waals surface area contributed by atoms with Crippen molar-refractivity contribution in [3.63, 3.8) is 0 Å². The number of nitrogens with zero attached hydrogens (tertiary/aromatic N) is 8. The summed E-state index contributed by atoms with van der Waals surface area (Å²) in [4.78, 5) is 28.6. The number of hydrogen-bond donors (Lipinski definition) is 2. The Kier molecular flexibility index (Phi) is 5.82. The van der Waals surface area contributed by atoms with E-state index in [2.05, 4.69) is 40.8 Å². The second-order valence-corrected chi connectivity index (χ2v) is 6.67. The minimum atomic E-state index is -0.400. The summed E-state index contributed by atoms with van der Waals surface area (Å²) in [6.07, 6.45) is 5.93. The van der Waals surface area contributed by atoms with Gasteiger partial charge in [-0.2, -0.15) is 10.2 Å². The number of nitrogens with one attached hydrogen (secondary N) is 2. The maximum Gasteiger partial charge on any atom is 0.315 e. The Labute approximate surface area is 180 Å². The van der Waals surface area contributed by atoms with E-state index in [-0.39, 0.29) is 13.1 Å². The van der Waals surface area contributed by atoms with Gasteiger partial charge >= 0.3 is 6.03 Å². The third-order valence-corrected chi connectivity index (χ3v) is 4.41. The lowest BCUT2D eigenvalue weighted by Gasteiger charge is -2.09. The molecule has 0 saturated heterocycles. The van der Waals surface area contributed by atoms with Gasteiger partial charge in [-0.3, -0.25) is 0 Å². The van der Waals surface area contributed by atoms with Crippen LogP contribution >= 0.6 is 23.2 Å². The molecular weight excluding hydrogens is 431 g/mol. The van der Waals surface area contributed by atoms with Gasteiger partial charge in [0.1, 0.15) is 23.0 Å². The van der Waals surface area contributed by atoms with Crippen LogP contribution in [-0.4, -0.2) is 45.5 Å². The number of pyridine rings is 2. The van der Waals surface area contributed by atoms with Gasteiger partial charge in [0.15, 0.2) is 11.6 Å². The van der Waals surface area contributed by atoms with E-state index in [0.717, 1.165) is 0 Å². The van der Waals surface area contributed by atoms with Crippen LogP contribution in [0.25, 0.3) is 11.4 Å². The first-order valence-corrected chi connectivity index (χ1v) is 9.39. The zero-order valence-corrected chi connectivity index (χ0v) is 16.8. The third kappa shape index (κ3) is 4.53. The van der Waals surface area contributed by atoms with Crippen molar-refractivity contribution in [2.75, 3.05) is 0 Å². The molecule has 0 saturated carbocycles. The number of carbonyl (C=O) groups excluding carboxylic acids is 1. The summed E-state index contributed by atoms with van der Waals surface area (Å²) in [5.41, 5.74) is 1.36. The van der Waals surface area contributed by atoms with Crippen LogP contribution in [-0.2, 0) is 13.1 Å². The molecule has 0 spiro atoms. The average molecular weight is 445 g/mol. The molecule has 0 fully saturated rings. The molecule has 152 valence electrons. The van der Waals surface area contributed by atoms with Gasteiger partial charge in [-0.1, -0.05) is 23.2 Å². The number of amides is 2. The number of urea groups is 1. The fourth-order valence-corrected chi connectivity index (χ4v) is 2.79. The Hall–Kier alpha value is -3.57. The quantitative estimate of drug-likeness (QED) is 0.434. The van der Waals surface area contributed by atoms with Crippen LogP contribution in [0.4, 0.5) is 4.79 Å².